The highest BCUT2D eigenvalue weighted by atomic mass is 79.9. The van der Waals surface area contributed by atoms with Crippen molar-refractivity contribution in [1.82, 2.24) is 9.55 Å². The number of phenolic OH excluding ortho intramolecular Hbond substituents is 1. The van der Waals surface area contributed by atoms with Gasteiger partial charge in [-0.1, -0.05) is 58.5 Å². The van der Waals surface area contributed by atoms with E-state index in [1.165, 1.54) is 6.07 Å². The monoisotopic (exact) mass is 558 g/mol. The van der Waals surface area contributed by atoms with Crippen molar-refractivity contribution in [3.05, 3.63) is 95.0 Å². The number of halogens is 4. The van der Waals surface area contributed by atoms with E-state index >= 15 is 0 Å². The predicted molar refractivity (Wildman–Crippen MR) is 149 cm³/mol. The van der Waals surface area contributed by atoms with Crippen LogP contribution in [0.15, 0.2) is 89.4 Å². The van der Waals surface area contributed by atoms with Gasteiger partial charge in [-0.05, 0) is 65.4 Å². The van der Waals surface area contributed by atoms with E-state index in [2.05, 4.69) is 41.0 Å². The van der Waals surface area contributed by atoms with Crippen LogP contribution in [0.1, 0.15) is 5.56 Å². The third kappa shape index (κ3) is 3.96. The van der Waals surface area contributed by atoms with Crippen molar-refractivity contribution in [2.24, 2.45) is 0 Å². The van der Waals surface area contributed by atoms with E-state index in [1.807, 2.05) is 18.2 Å². The summed E-state index contributed by atoms with van der Waals surface area (Å²) in [5.74, 6) is 0.586. The highest BCUT2D eigenvalue weighted by molar-refractivity contribution is 9.10. The van der Waals surface area contributed by atoms with Crippen molar-refractivity contribution in [1.29, 1.82) is 0 Å². The van der Waals surface area contributed by atoms with Gasteiger partial charge in [0, 0.05) is 26.5 Å². The van der Waals surface area contributed by atoms with Gasteiger partial charge in [-0.3, -0.25) is 4.57 Å². The quantitative estimate of drug-likeness (QED) is 0.179. The highest BCUT2D eigenvalue weighted by Gasteiger charge is 2.31. The summed E-state index contributed by atoms with van der Waals surface area (Å²) in [6.07, 6.45) is -4.49. The molecule has 0 saturated carbocycles. The molecule has 1 N–H and O–H groups in total. The van der Waals surface area contributed by atoms with Crippen LogP contribution >= 0.6 is 15.9 Å². The summed E-state index contributed by atoms with van der Waals surface area (Å²) in [4.78, 5) is 5.05. The van der Waals surface area contributed by atoms with E-state index in [9.17, 15) is 18.3 Å². The van der Waals surface area contributed by atoms with Crippen LogP contribution < -0.4 is 5.46 Å². The number of aromatic hydroxyl groups is 1. The zero-order valence-corrected chi connectivity index (χ0v) is 21.2. The van der Waals surface area contributed by atoms with Gasteiger partial charge in [0.05, 0.1) is 16.6 Å². The molecule has 6 aromatic rings. The second-order valence-electron chi connectivity index (χ2n) is 8.99. The number of imidazole rings is 1. The lowest BCUT2D eigenvalue weighted by Gasteiger charge is -2.15. The highest BCUT2D eigenvalue weighted by Crippen LogP contribution is 2.40. The third-order valence-corrected chi connectivity index (χ3v) is 7.20. The number of benzene rings is 5. The summed E-state index contributed by atoms with van der Waals surface area (Å²) in [5.41, 5.74) is 2.87. The molecule has 0 aliphatic carbocycles. The number of hydrogen-bond donors (Lipinski definition) is 1. The molecule has 0 aliphatic heterocycles. The molecule has 182 valence electrons. The first-order valence-corrected chi connectivity index (χ1v) is 12.6. The van der Waals surface area contributed by atoms with Crippen LogP contribution in [0.4, 0.5) is 13.2 Å². The fourth-order valence-electron chi connectivity index (χ4n) is 4.92. The molecule has 0 spiro atoms. The van der Waals surface area contributed by atoms with Gasteiger partial charge in [0.1, 0.15) is 11.6 Å². The van der Waals surface area contributed by atoms with E-state index in [-0.39, 0.29) is 5.75 Å². The number of hydrogen-bond acceptors (Lipinski definition) is 2. The molecule has 0 aliphatic rings. The Bertz CT molecular complexity index is 1830. The van der Waals surface area contributed by atoms with Crippen LogP contribution in [0.3, 0.4) is 0 Å². The minimum atomic E-state index is -4.49. The molecule has 0 atom stereocenters. The average Bonchev–Trinajstić information content (AvgIpc) is 3.29. The van der Waals surface area contributed by atoms with E-state index in [0.29, 0.717) is 22.6 Å². The largest absolute Gasteiger partial charge is 0.508 e. The number of aromatic nitrogens is 2. The molecule has 1 heterocycles. The van der Waals surface area contributed by atoms with Crippen LogP contribution in [0.25, 0.3) is 49.7 Å². The lowest BCUT2D eigenvalue weighted by molar-refractivity contribution is -0.137. The van der Waals surface area contributed by atoms with Crippen LogP contribution in [0.2, 0.25) is 6.82 Å². The van der Waals surface area contributed by atoms with Crippen molar-refractivity contribution < 1.29 is 18.3 Å². The van der Waals surface area contributed by atoms with Crippen LogP contribution in [-0.4, -0.2) is 21.9 Å². The Hall–Kier alpha value is -3.78. The van der Waals surface area contributed by atoms with Gasteiger partial charge in [0.25, 0.3) is 0 Å². The molecule has 8 heteroatoms. The number of fused-ring (bicyclic) bond motifs is 6. The summed E-state index contributed by atoms with van der Waals surface area (Å²) in [7, 11) is 0.842. The summed E-state index contributed by atoms with van der Waals surface area (Å²) in [6, 6.07) is 24.1. The maximum Gasteiger partial charge on any atom is 0.416 e. The summed E-state index contributed by atoms with van der Waals surface area (Å²) in [5, 5.41) is 13.7. The average molecular weight is 559 g/mol. The fraction of sp³-hybridized carbons (Fsp3) is 0.0690. The van der Waals surface area contributed by atoms with Gasteiger partial charge in [-0.25, -0.2) is 4.98 Å². The Morgan fingerprint density at radius 1 is 0.838 bits per heavy atom. The lowest BCUT2D eigenvalue weighted by atomic mass is 9.72. The zero-order valence-electron chi connectivity index (χ0n) is 19.6. The predicted octanol–water partition coefficient (Wildman–Crippen LogP) is 7.60. The van der Waals surface area contributed by atoms with Gasteiger partial charge in [0.15, 0.2) is 7.28 Å². The third-order valence-electron chi connectivity index (χ3n) is 6.71. The van der Waals surface area contributed by atoms with Crippen molar-refractivity contribution in [3.8, 4) is 22.8 Å². The second-order valence-corrected chi connectivity index (χ2v) is 9.90. The molecule has 5 aromatic carbocycles. The SMILES string of the molecule is CBc1ccc2c3ccc(Br)cc3c3c(nc(-c4ccc(O)cc4)n3-c3cccc(C(F)(F)F)c3)c2c1. The molecule has 0 radical (unpaired) electrons. The molecule has 6 rings (SSSR count). The van der Waals surface area contributed by atoms with Crippen molar-refractivity contribution in [2.45, 2.75) is 13.0 Å². The fourth-order valence-corrected chi connectivity index (χ4v) is 5.28. The molecular formula is C29H19BBrF3N2O. The first-order valence-electron chi connectivity index (χ1n) is 11.8. The molecule has 0 fully saturated rings. The molecule has 1 aromatic heterocycles. The summed E-state index contributed by atoms with van der Waals surface area (Å²) >= 11 is 3.58. The van der Waals surface area contributed by atoms with E-state index in [1.54, 1.807) is 34.9 Å². The number of nitrogens with zero attached hydrogens (tertiary/aromatic N) is 2. The molecule has 0 bridgehead atoms. The van der Waals surface area contributed by atoms with E-state index in [4.69, 9.17) is 4.98 Å². The standard InChI is InChI=1S/C29H19BBrF3N2O/c1-30-18-7-11-22-23-12-8-19(31)15-25(23)27-26(24(22)14-18)35-28(16-5-9-21(37)10-6-16)36(27)20-4-2-3-17(13-20)29(32,33)34/h2-15,30,37H,1H3. The topological polar surface area (TPSA) is 38.1 Å². The maximum absolute atomic E-state index is 13.7. The molecule has 0 amide bonds. The van der Waals surface area contributed by atoms with Crippen LogP contribution in [0, 0.1) is 0 Å². The van der Waals surface area contributed by atoms with Crippen LogP contribution in [0.5, 0.6) is 5.75 Å². The Morgan fingerprint density at radius 2 is 1.57 bits per heavy atom. The minimum absolute atomic E-state index is 0.0953. The molecule has 37 heavy (non-hydrogen) atoms. The Morgan fingerprint density at radius 3 is 2.30 bits per heavy atom. The number of rotatable bonds is 3. The lowest BCUT2D eigenvalue weighted by Crippen LogP contribution is -2.09. The summed E-state index contributed by atoms with van der Waals surface area (Å²) < 4.78 is 43.8. The van der Waals surface area contributed by atoms with E-state index in [0.717, 1.165) is 56.4 Å². The van der Waals surface area contributed by atoms with Gasteiger partial charge in [-0.2, -0.15) is 13.2 Å². The first kappa shape index (κ1) is 23.6. The number of alkyl halides is 3. The second kappa shape index (κ2) is 8.66. The maximum atomic E-state index is 13.7. The van der Waals surface area contributed by atoms with Crippen molar-refractivity contribution >= 4 is 61.3 Å². The minimum Gasteiger partial charge on any atom is -0.508 e. The van der Waals surface area contributed by atoms with Crippen molar-refractivity contribution in [3.63, 3.8) is 0 Å². The normalized spacial score (nSPS) is 12.0. The molecule has 0 unspecified atom stereocenters. The Balaban J connectivity index is 1.84. The van der Waals surface area contributed by atoms with Gasteiger partial charge >= 0.3 is 6.18 Å². The molecule has 0 saturated heterocycles. The smallest absolute Gasteiger partial charge is 0.416 e. The molecular weight excluding hydrogens is 540 g/mol. The van der Waals surface area contributed by atoms with Gasteiger partial charge in [0.2, 0.25) is 0 Å². The van der Waals surface area contributed by atoms with Crippen molar-refractivity contribution in [2.75, 3.05) is 0 Å². The Kier molecular flexibility index (Phi) is 5.53. The first-order chi connectivity index (χ1) is 17.7. The van der Waals surface area contributed by atoms with Crippen LogP contribution in [-0.2, 0) is 6.18 Å². The summed E-state index contributed by atoms with van der Waals surface area (Å²) in [6.45, 7) is 2.08. The van der Waals surface area contributed by atoms with Gasteiger partial charge < -0.3 is 5.11 Å². The zero-order chi connectivity index (χ0) is 25.9. The number of phenols is 1. The Labute approximate surface area is 219 Å². The van der Waals surface area contributed by atoms with E-state index < -0.39 is 11.7 Å². The molecule has 3 nitrogen and oxygen atoms in total. The van der Waals surface area contributed by atoms with Gasteiger partial charge in [-0.15, -0.1) is 0 Å².